The molecule has 1 saturated heterocycles. The predicted octanol–water partition coefficient (Wildman–Crippen LogP) is 4.01. The van der Waals surface area contributed by atoms with E-state index in [1.54, 1.807) is 19.2 Å². The second-order valence-corrected chi connectivity index (χ2v) is 11.9. The van der Waals surface area contributed by atoms with Crippen molar-refractivity contribution in [2.45, 2.75) is 51.7 Å². The molecule has 1 fully saturated rings. The summed E-state index contributed by atoms with van der Waals surface area (Å²) in [5.74, 6) is 0.587. The van der Waals surface area contributed by atoms with E-state index in [0.29, 0.717) is 75.0 Å². The predicted molar refractivity (Wildman–Crippen MR) is 160 cm³/mol. The first-order chi connectivity index (χ1) is 19.5. The molecule has 41 heavy (non-hydrogen) atoms. The van der Waals surface area contributed by atoms with Gasteiger partial charge < -0.3 is 29.2 Å². The minimum atomic E-state index is -0.514. The van der Waals surface area contributed by atoms with Crippen LogP contribution in [0.1, 0.15) is 40.0 Å². The molecule has 0 saturated carbocycles. The van der Waals surface area contributed by atoms with Crippen LogP contribution >= 0.6 is 23.2 Å². The van der Waals surface area contributed by atoms with Crippen molar-refractivity contribution in [2.24, 2.45) is 5.10 Å². The molecule has 0 bridgehead atoms. The summed E-state index contributed by atoms with van der Waals surface area (Å²) in [6, 6.07) is 5.36. The highest BCUT2D eigenvalue weighted by molar-refractivity contribution is 6.42. The Kier molecular flexibility index (Phi) is 13.4. The summed E-state index contributed by atoms with van der Waals surface area (Å²) in [7, 11) is 1.68. The van der Waals surface area contributed by atoms with Gasteiger partial charge in [-0.25, -0.2) is 4.79 Å². The molecule has 0 aromatic heterocycles. The summed E-state index contributed by atoms with van der Waals surface area (Å²) < 4.78 is 22.4. The van der Waals surface area contributed by atoms with Crippen molar-refractivity contribution < 1.29 is 28.5 Å². The SMILES string of the molecule is CN(CCOCCOCCOC1CCN(CC(=O)NC2=NN(c3ccc(Cl)c(Cl)c3)CC2)CC1)C(=O)OC(C)(C)C. The van der Waals surface area contributed by atoms with Crippen molar-refractivity contribution in [3.63, 3.8) is 0 Å². The number of amides is 2. The average molecular weight is 617 g/mol. The van der Waals surface area contributed by atoms with E-state index in [9.17, 15) is 9.59 Å². The van der Waals surface area contributed by atoms with Crippen molar-refractivity contribution in [3.8, 4) is 0 Å². The quantitative estimate of drug-likeness (QED) is 0.332. The molecule has 2 aliphatic rings. The van der Waals surface area contributed by atoms with E-state index < -0.39 is 5.60 Å². The second-order valence-electron chi connectivity index (χ2n) is 11.0. The van der Waals surface area contributed by atoms with Crippen LogP contribution in [0.5, 0.6) is 0 Å². The minimum Gasteiger partial charge on any atom is -0.444 e. The number of hydrogen-bond donors (Lipinski definition) is 1. The molecule has 0 unspecified atom stereocenters. The highest BCUT2D eigenvalue weighted by atomic mass is 35.5. The number of piperidine rings is 1. The number of likely N-dealkylation sites (N-methyl/N-ethyl adjacent to an activating group) is 1. The minimum absolute atomic E-state index is 0.0637. The zero-order valence-electron chi connectivity index (χ0n) is 24.5. The number of carbonyl (C=O) groups excluding carboxylic acids is 2. The second kappa shape index (κ2) is 16.5. The summed E-state index contributed by atoms with van der Waals surface area (Å²) in [6.07, 6.45) is 2.19. The van der Waals surface area contributed by atoms with Crippen LogP contribution in [-0.2, 0) is 23.7 Å². The molecule has 230 valence electrons. The van der Waals surface area contributed by atoms with E-state index >= 15 is 0 Å². The zero-order valence-corrected chi connectivity index (χ0v) is 26.0. The lowest BCUT2D eigenvalue weighted by Gasteiger charge is -2.31. The molecule has 0 radical (unpaired) electrons. The van der Waals surface area contributed by atoms with Crippen molar-refractivity contribution in [2.75, 3.05) is 77.8 Å². The molecule has 2 amide bonds. The fraction of sp³-hybridized carbons (Fsp3) is 0.679. The molecule has 2 heterocycles. The highest BCUT2D eigenvalue weighted by Crippen LogP contribution is 2.28. The van der Waals surface area contributed by atoms with Crippen molar-refractivity contribution >= 4 is 46.7 Å². The van der Waals surface area contributed by atoms with Crippen LogP contribution in [0.3, 0.4) is 0 Å². The summed E-state index contributed by atoms with van der Waals surface area (Å²) in [5.41, 5.74) is 0.324. The molecule has 1 N–H and O–H groups in total. The van der Waals surface area contributed by atoms with Gasteiger partial charge in [-0.05, 0) is 51.8 Å². The molecule has 0 spiro atoms. The third-order valence-corrected chi connectivity index (χ3v) is 7.16. The number of benzene rings is 1. The Labute approximate surface area is 253 Å². The van der Waals surface area contributed by atoms with E-state index in [1.807, 2.05) is 31.8 Å². The van der Waals surface area contributed by atoms with Crippen LogP contribution in [0.15, 0.2) is 23.3 Å². The van der Waals surface area contributed by atoms with Gasteiger partial charge in [-0.2, -0.15) is 5.10 Å². The van der Waals surface area contributed by atoms with Crippen LogP contribution in [0.4, 0.5) is 10.5 Å². The Bertz CT molecular complexity index is 1030. The summed E-state index contributed by atoms with van der Waals surface area (Å²) in [4.78, 5) is 28.1. The normalized spacial score (nSPS) is 16.5. The number of anilines is 1. The van der Waals surface area contributed by atoms with Crippen LogP contribution < -0.4 is 10.3 Å². The fourth-order valence-corrected chi connectivity index (χ4v) is 4.54. The molecule has 11 nitrogen and oxygen atoms in total. The first-order valence-corrected chi connectivity index (χ1v) is 14.8. The monoisotopic (exact) mass is 615 g/mol. The molecule has 0 atom stereocenters. The molecule has 13 heteroatoms. The lowest BCUT2D eigenvalue weighted by atomic mass is 10.1. The Morgan fingerprint density at radius 2 is 1.71 bits per heavy atom. The number of carbonyl (C=O) groups is 2. The highest BCUT2D eigenvalue weighted by Gasteiger charge is 2.23. The Balaban J connectivity index is 1.19. The zero-order chi connectivity index (χ0) is 29.8. The molecular weight excluding hydrogens is 573 g/mol. The lowest BCUT2D eigenvalue weighted by Crippen LogP contribution is -2.44. The van der Waals surface area contributed by atoms with Crippen molar-refractivity contribution in [1.29, 1.82) is 0 Å². The van der Waals surface area contributed by atoms with Gasteiger partial charge in [-0.3, -0.25) is 14.7 Å². The lowest BCUT2D eigenvalue weighted by molar-refractivity contribution is -0.121. The van der Waals surface area contributed by atoms with Gasteiger partial charge in [0.15, 0.2) is 0 Å². The van der Waals surface area contributed by atoms with Gasteiger partial charge in [0, 0.05) is 39.6 Å². The number of nitrogens with zero attached hydrogens (tertiary/aromatic N) is 4. The van der Waals surface area contributed by atoms with E-state index in [1.165, 1.54) is 4.90 Å². The maximum absolute atomic E-state index is 12.6. The molecular formula is C28H43Cl2N5O6. The number of amidine groups is 1. The molecule has 0 aliphatic carbocycles. The number of halogens is 2. The third-order valence-electron chi connectivity index (χ3n) is 6.42. The number of hydrazone groups is 1. The molecule has 1 aromatic rings. The van der Waals surface area contributed by atoms with E-state index in [0.717, 1.165) is 31.6 Å². The van der Waals surface area contributed by atoms with Gasteiger partial charge in [-0.15, -0.1) is 0 Å². The average Bonchev–Trinajstić information content (AvgIpc) is 3.37. The summed E-state index contributed by atoms with van der Waals surface area (Å²) >= 11 is 12.1. The largest absolute Gasteiger partial charge is 0.444 e. The molecule has 2 aliphatic heterocycles. The Morgan fingerprint density at radius 3 is 2.39 bits per heavy atom. The smallest absolute Gasteiger partial charge is 0.410 e. The fourth-order valence-electron chi connectivity index (χ4n) is 4.24. The van der Waals surface area contributed by atoms with E-state index in [4.69, 9.17) is 42.1 Å². The van der Waals surface area contributed by atoms with Crippen LogP contribution in [0, 0.1) is 0 Å². The van der Waals surface area contributed by atoms with E-state index in [2.05, 4.69) is 15.3 Å². The van der Waals surface area contributed by atoms with Crippen LogP contribution in [-0.4, -0.2) is 112 Å². The first kappa shape index (κ1) is 33.4. The van der Waals surface area contributed by atoms with Gasteiger partial charge in [0.2, 0.25) is 5.91 Å². The topological polar surface area (TPSA) is 105 Å². The van der Waals surface area contributed by atoms with Crippen molar-refractivity contribution in [3.05, 3.63) is 28.2 Å². The molecule has 3 rings (SSSR count). The third kappa shape index (κ3) is 12.3. The Morgan fingerprint density at radius 1 is 1.02 bits per heavy atom. The number of nitrogens with one attached hydrogen (secondary N) is 1. The van der Waals surface area contributed by atoms with Gasteiger partial charge in [0.05, 0.1) is 61.4 Å². The Hall–Kier alpha value is -2.15. The number of likely N-dealkylation sites (tertiary alicyclic amines) is 1. The van der Waals surface area contributed by atoms with Crippen molar-refractivity contribution in [1.82, 2.24) is 15.1 Å². The van der Waals surface area contributed by atoms with Gasteiger partial charge in [0.1, 0.15) is 11.4 Å². The number of ether oxygens (including phenoxy) is 4. The van der Waals surface area contributed by atoms with Gasteiger partial charge in [0.25, 0.3) is 0 Å². The first-order valence-electron chi connectivity index (χ1n) is 14.0. The summed E-state index contributed by atoms with van der Waals surface area (Å²) in [6.45, 7) is 10.9. The maximum atomic E-state index is 12.6. The number of hydrogen-bond acceptors (Lipinski definition) is 9. The van der Waals surface area contributed by atoms with Crippen LogP contribution in [0.2, 0.25) is 10.0 Å². The standard InChI is InChI=1S/C28H43Cl2N5O6/c1-28(2,3)41-27(37)33(4)13-14-38-15-16-39-17-18-40-22-7-10-34(11-8-22)20-26(36)31-25-9-12-35(32-25)21-5-6-23(29)24(30)19-21/h5-6,19,22H,7-18,20H2,1-4H3,(H,31,32,36). The van der Waals surface area contributed by atoms with Crippen LogP contribution in [0.25, 0.3) is 0 Å². The molecule has 1 aromatic carbocycles. The number of rotatable bonds is 13. The maximum Gasteiger partial charge on any atom is 0.410 e. The summed E-state index contributed by atoms with van der Waals surface area (Å²) in [5, 5.41) is 10.2. The van der Waals surface area contributed by atoms with Gasteiger partial charge >= 0.3 is 6.09 Å². The van der Waals surface area contributed by atoms with Gasteiger partial charge in [-0.1, -0.05) is 23.2 Å². The van der Waals surface area contributed by atoms with E-state index in [-0.39, 0.29) is 18.1 Å².